The van der Waals surface area contributed by atoms with Crippen molar-refractivity contribution in [2.45, 2.75) is 38.6 Å². The van der Waals surface area contributed by atoms with Gasteiger partial charge in [0.25, 0.3) is 0 Å². The van der Waals surface area contributed by atoms with Crippen molar-refractivity contribution in [3.8, 4) is 5.88 Å². The summed E-state index contributed by atoms with van der Waals surface area (Å²) in [7, 11) is 1.64. The normalized spacial score (nSPS) is 19.3. The number of rotatable bonds is 5. The van der Waals surface area contributed by atoms with Gasteiger partial charge in [0.05, 0.1) is 7.11 Å². The molecule has 1 saturated heterocycles. The Hall–Kier alpha value is -1.03. The van der Waals surface area contributed by atoms with Crippen LogP contribution in [0, 0.1) is 6.92 Å². The number of aryl methyl sites for hydroxylation is 1. The highest BCUT2D eigenvalue weighted by atomic mass is 35.5. The molecule has 0 radical (unpaired) electrons. The fraction of sp³-hybridized carbons (Fsp3) is 0.692. The van der Waals surface area contributed by atoms with E-state index >= 15 is 0 Å². The number of anilines is 1. The van der Waals surface area contributed by atoms with Crippen molar-refractivity contribution in [3.63, 3.8) is 0 Å². The van der Waals surface area contributed by atoms with E-state index in [4.69, 9.17) is 16.3 Å². The minimum atomic E-state index is 0.558. The molecule has 100 valence electrons. The number of nitrogens with zero attached hydrogens (tertiary/aromatic N) is 3. The number of alkyl halides is 1. The number of ether oxygens (including phenoxy) is 1. The van der Waals surface area contributed by atoms with Gasteiger partial charge in [-0.05, 0) is 32.6 Å². The molecule has 1 atom stereocenters. The summed E-state index contributed by atoms with van der Waals surface area (Å²) in [6.45, 7) is 2.96. The molecule has 0 spiro atoms. The fourth-order valence-corrected chi connectivity index (χ4v) is 2.68. The van der Waals surface area contributed by atoms with Crippen LogP contribution in [0.25, 0.3) is 0 Å². The van der Waals surface area contributed by atoms with Crippen LogP contribution in [0.1, 0.15) is 31.5 Å². The smallest absolute Gasteiger partial charge is 0.218 e. The van der Waals surface area contributed by atoms with Gasteiger partial charge in [-0.3, -0.25) is 0 Å². The van der Waals surface area contributed by atoms with Gasteiger partial charge in [0.2, 0.25) is 5.88 Å². The van der Waals surface area contributed by atoms with E-state index in [1.807, 2.05) is 13.0 Å². The lowest BCUT2D eigenvalue weighted by Gasteiger charge is -2.26. The molecule has 1 aromatic rings. The van der Waals surface area contributed by atoms with Crippen LogP contribution in [0.15, 0.2) is 6.07 Å². The molecule has 4 nitrogen and oxygen atoms in total. The average Bonchev–Trinajstić information content (AvgIpc) is 2.83. The number of hydrogen-bond acceptors (Lipinski definition) is 4. The Morgan fingerprint density at radius 2 is 2.33 bits per heavy atom. The van der Waals surface area contributed by atoms with Crippen molar-refractivity contribution in [3.05, 3.63) is 11.9 Å². The first kappa shape index (κ1) is 13.4. The van der Waals surface area contributed by atoms with Crippen molar-refractivity contribution >= 4 is 17.4 Å². The maximum Gasteiger partial charge on any atom is 0.218 e. The van der Waals surface area contributed by atoms with E-state index in [0.29, 0.717) is 11.9 Å². The van der Waals surface area contributed by atoms with Gasteiger partial charge >= 0.3 is 0 Å². The van der Waals surface area contributed by atoms with E-state index in [9.17, 15) is 0 Å². The van der Waals surface area contributed by atoms with Crippen LogP contribution in [0.3, 0.4) is 0 Å². The monoisotopic (exact) mass is 269 g/mol. The standard InChI is InChI=1S/C13H20ClN3O/c1-10-15-12(9-13(16-10)18-2)17-8-4-6-11(17)5-3-7-14/h9,11H,3-8H2,1-2H3. The molecule has 5 heteroatoms. The van der Waals surface area contributed by atoms with Gasteiger partial charge in [0.1, 0.15) is 11.6 Å². The first-order valence-electron chi connectivity index (χ1n) is 6.47. The number of hydrogen-bond donors (Lipinski definition) is 0. The van der Waals surface area contributed by atoms with Crippen molar-refractivity contribution in [2.75, 3.05) is 24.4 Å². The first-order chi connectivity index (χ1) is 8.74. The number of halogens is 1. The van der Waals surface area contributed by atoms with E-state index in [1.165, 1.54) is 12.8 Å². The fourth-order valence-electron chi connectivity index (χ4n) is 2.53. The third-order valence-corrected chi connectivity index (χ3v) is 3.62. The molecule has 1 aliphatic heterocycles. The van der Waals surface area contributed by atoms with Gasteiger partial charge in [-0.15, -0.1) is 11.6 Å². The van der Waals surface area contributed by atoms with Crippen LogP contribution < -0.4 is 9.64 Å². The Morgan fingerprint density at radius 1 is 1.50 bits per heavy atom. The summed E-state index contributed by atoms with van der Waals surface area (Å²) < 4.78 is 5.21. The van der Waals surface area contributed by atoms with Crippen LogP contribution >= 0.6 is 11.6 Å². The van der Waals surface area contributed by atoms with E-state index < -0.39 is 0 Å². The molecule has 0 bridgehead atoms. The van der Waals surface area contributed by atoms with Gasteiger partial charge in [-0.1, -0.05) is 0 Å². The molecule has 1 aromatic heterocycles. The summed E-state index contributed by atoms with van der Waals surface area (Å²) in [5.74, 6) is 3.11. The second-order valence-corrected chi connectivity index (χ2v) is 5.01. The zero-order valence-electron chi connectivity index (χ0n) is 11.0. The molecule has 0 amide bonds. The molecule has 1 aliphatic rings. The Bertz CT molecular complexity index is 400. The van der Waals surface area contributed by atoms with Gasteiger partial charge < -0.3 is 9.64 Å². The summed E-state index contributed by atoms with van der Waals surface area (Å²) in [6.07, 6.45) is 4.64. The van der Waals surface area contributed by atoms with Crippen LogP contribution in [0.2, 0.25) is 0 Å². The highest BCUT2D eigenvalue weighted by Gasteiger charge is 2.25. The topological polar surface area (TPSA) is 38.2 Å². The predicted octanol–water partition coefficient (Wildman–Crippen LogP) is 2.78. The first-order valence-corrected chi connectivity index (χ1v) is 7.00. The third-order valence-electron chi connectivity index (χ3n) is 3.35. The molecule has 2 heterocycles. The molecule has 0 aromatic carbocycles. The van der Waals surface area contributed by atoms with Gasteiger partial charge in [-0.25, -0.2) is 4.98 Å². The maximum atomic E-state index is 5.78. The van der Waals surface area contributed by atoms with Crippen LogP contribution in [-0.4, -0.2) is 35.5 Å². The Balaban J connectivity index is 2.16. The summed E-state index contributed by atoms with van der Waals surface area (Å²) in [4.78, 5) is 11.1. The molecule has 2 rings (SSSR count). The van der Waals surface area contributed by atoms with Crippen LogP contribution in [0.5, 0.6) is 5.88 Å². The lowest BCUT2D eigenvalue weighted by Crippen LogP contribution is -2.30. The maximum absolute atomic E-state index is 5.78. The van der Waals surface area contributed by atoms with Crippen LogP contribution in [0.4, 0.5) is 5.82 Å². The summed E-state index contributed by atoms with van der Waals surface area (Å²) in [5.41, 5.74) is 0. The van der Waals surface area contributed by atoms with Crippen molar-refractivity contribution in [1.82, 2.24) is 9.97 Å². The lowest BCUT2D eigenvalue weighted by molar-refractivity contribution is 0.395. The Morgan fingerprint density at radius 3 is 3.06 bits per heavy atom. The van der Waals surface area contributed by atoms with E-state index in [0.717, 1.165) is 36.9 Å². The summed E-state index contributed by atoms with van der Waals surface area (Å²) in [5, 5.41) is 0. The second-order valence-electron chi connectivity index (χ2n) is 4.64. The highest BCUT2D eigenvalue weighted by Crippen LogP contribution is 2.28. The third kappa shape index (κ3) is 3.05. The summed E-state index contributed by atoms with van der Waals surface area (Å²) in [6, 6.07) is 2.48. The molecule has 1 unspecified atom stereocenters. The minimum Gasteiger partial charge on any atom is -0.481 e. The molecule has 0 N–H and O–H groups in total. The average molecular weight is 270 g/mol. The van der Waals surface area contributed by atoms with Crippen molar-refractivity contribution in [2.24, 2.45) is 0 Å². The number of aromatic nitrogens is 2. The van der Waals surface area contributed by atoms with E-state index in [-0.39, 0.29) is 0 Å². The van der Waals surface area contributed by atoms with Crippen molar-refractivity contribution in [1.29, 1.82) is 0 Å². The molecule has 0 saturated carbocycles. The zero-order chi connectivity index (χ0) is 13.0. The van der Waals surface area contributed by atoms with Gasteiger partial charge in [0, 0.05) is 24.5 Å². The predicted molar refractivity (Wildman–Crippen MR) is 73.6 cm³/mol. The SMILES string of the molecule is COc1cc(N2CCCC2CCCCl)nc(C)n1. The molecule has 0 aliphatic carbocycles. The van der Waals surface area contributed by atoms with Crippen LogP contribution in [-0.2, 0) is 0 Å². The van der Waals surface area contributed by atoms with Gasteiger partial charge in [0.15, 0.2) is 0 Å². The highest BCUT2D eigenvalue weighted by molar-refractivity contribution is 6.17. The summed E-state index contributed by atoms with van der Waals surface area (Å²) >= 11 is 5.78. The Kier molecular flexibility index (Phi) is 4.64. The largest absolute Gasteiger partial charge is 0.481 e. The molecular formula is C13H20ClN3O. The molecular weight excluding hydrogens is 250 g/mol. The quantitative estimate of drug-likeness (QED) is 0.771. The molecule has 1 fully saturated rings. The van der Waals surface area contributed by atoms with E-state index in [1.54, 1.807) is 7.11 Å². The number of methoxy groups -OCH3 is 1. The minimum absolute atomic E-state index is 0.558. The van der Waals surface area contributed by atoms with E-state index in [2.05, 4.69) is 14.9 Å². The lowest BCUT2D eigenvalue weighted by atomic mass is 10.1. The van der Waals surface area contributed by atoms with Gasteiger partial charge in [-0.2, -0.15) is 4.98 Å². The zero-order valence-corrected chi connectivity index (χ0v) is 11.8. The molecule has 18 heavy (non-hydrogen) atoms. The Labute approximate surface area is 113 Å². The second kappa shape index (κ2) is 6.23. The van der Waals surface area contributed by atoms with Crippen molar-refractivity contribution < 1.29 is 4.74 Å².